The molecule has 6 nitrogen and oxygen atoms in total. The van der Waals surface area contributed by atoms with Crippen LogP contribution >= 0.6 is 0 Å². The van der Waals surface area contributed by atoms with Gasteiger partial charge in [-0.1, -0.05) is 12.1 Å². The highest BCUT2D eigenvalue weighted by Crippen LogP contribution is 2.30. The van der Waals surface area contributed by atoms with Gasteiger partial charge in [-0.15, -0.1) is 10.2 Å². The van der Waals surface area contributed by atoms with Crippen molar-refractivity contribution < 1.29 is 18.0 Å². The minimum atomic E-state index is -0.408. The molecular formula is C21H22FN3O3. The largest absolute Gasteiger partial charge is 0.469 e. The predicted molar refractivity (Wildman–Crippen MR) is 99.1 cm³/mol. The van der Waals surface area contributed by atoms with E-state index < -0.39 is 5.92 Å². The molecule has 0 aliphatic carbocycles. The van der Waals surface area contributed by atoms with Gasteiger partial charge in [0.15, 0.2) is 0 Å². The Balaban J connectivity index is 1.48. The number of piperidine rings is 1. The minimum absolute atomic E-state index is 0.0307. The van der Waals surface area contributed by atoms with Gasteiger partial charge < -0.3 is 13.7 Å². The Bertz CT molecular complexity index is 913. The molecule has 0 radical (unpaired) electrons. The number of aryl methyl sites for hydroxylation is 1. The second-order valence-electron chi connectivity index (χ2n) is 7.15. The monoisotopic (exact) mass is 383 g/mol. The van der Waals surface area contributed by atoms with E-state index in [0.29, 0.717) is 31.3 Å². The number of hydrogen-bond donors (Lipinski definition) is 0. The highest BCUT2D eigenvalue weighted by atomic mass is 19.1. The van der Waals surface area contributed by atoms with E-state index >= 15 is 0 Å². The summed E-state index contributed by atoms with van der Waals surface area (Å²) in [6.07, 6.45) is 3.61. The molecule has 0 bridgehead atoms. The summed E-state index contributed by atoms with van der Waals surface area (Å²) >= 11 is 0. The van der Waals surface area contributed by atoms with Crippen LogP contribution in [0, 0.1) is 12.7 Å². The zero-order valence-corrected chi connectivity index (χ0v) is 15.7. The van der Waals surface area contributed by atoms with Gasteiger partial charge in [0.1, 0.15) is 11.6 Å². The molecule has 1 aromatic carbocycles. The molecule has 0 saturated carbocycles. The molecule has 146 valence electrons. The second kappa shape index (κ2) is 7.96. The molecule has 2 aromatic heterocycles. The fourth-order valence-corrected chi connectivity index (χ4v) is 3.72. The fraction of sp³-hybridized carbons (Fsp3) is 0.381. The zero-order valence-electron chi connectivity index (χ0n) is 15.7. The number of nitrogens with zero attached hydrogens (tertiary/aromatic N) is 3. The molecule has 1 amide bonds. The van der Waals surface area contributed by atoms with Crippen molar-refractivity contribution in [2.75, 3.05) is 13.1 Å². The molecule has 28 heavy (non-hydrogen) atoms. The number of aromatic nitrogens is 2. The van der Waals surface area contributed by atoms with Crippen molar-refractivity contribution in [1.82, 2.24) is 15.1 Å². The Hall–Kier alpha value is -2.96. The molecule has 1 aliphatic rings. The van der Waals surface area contributed by atoms with Crippen molar-refractivity contribution >= 4 is 5.91 Å². The Morgan fingerprint density at radius 2 is 1.96 bits per heavy atom. The molecule has 4 rings (SSSR count). The highest BCUT2D eigenvalue weighted by Gasteiger charge is 2.32. The molecule has 0 spiro atoms. The third-order valence-corrected chi connectivity index (χ3v) is 5.25. The summed E-state index contributed by atoms with van der Waals surface area (Å²) in [6, 6.07) is 9.79. The lowest BCUT2D eigenvalue weighted by molar-refractivity contribution is -0.134. The SMILES string of the molecule is Cc1nnc(C2CCN(C(=O)C(Cc3ccco3)c3ccc(F)cc3)CC2)o1. The first-order valence-corrected chi connectivity index (χ1v) is 9.47. The summed E-state index contributed by atoms with van der Waals surface area (Å²) in [6.45, 7) is 3.03. The summed E-state index contributed by atoms with van der Waals surface area (Å²) in [7, 11) is 0. The maximum Gasteiger partial charge on any atom is 0.230 e. The number of benzene rings is 1. The molecule has 1 unspecified atom stereocenters. The number of carbonyl (C=O) groups is 1. The molecule has 1 fully saturated rings. The predicted octanol–water partition coefficient (Wildman–Crippen LogP) is 3.84. The van der Waals surface area contributed by atoms with Gasteiger partial charge >= 0.3 is 0 Å². The quantitative estimate of drug-likeness (QED) is 0.669. The van der Waals surface area contributed by atoms with Crippen LogP contribution in [0.15, 0.2) is 51.5 Å². The Morgan fingerprint density at radius 1 is 1.21 bits per heavy atom. The lowest BCUT2D eigenvalue weighted by Crippen LogP contribution is -2.41. The first kappa shape index (κ1) is 18.4. The van der Waals surface area contributed by atoms with Gasteiger partial charge in [-0.05, 0) is 42.7 Å². The van der Waals surface area contributed by atoms with Gasteiger partial charge in [0.05, 0.1) is 12.2 Å². The minimum Gasteiger partial charge on any atom is -0.469 e. The summed E-state index contributed by atoms with van der Waals surface area (Å²) in [5.41, 5.74) is 0.789. The average molecular weight is 383 g/mol. The first-order valence-electron chi connectivity index (χ1n) is 9.47. The van der Waals surface area contributed by atoms with E-state index in [2.05, 4.69) is 10.2 Å². The number of carbonyl (C=O) groups excluding carboxylic acids is 1. The van der Waals surface area contributed by atoms with Gasteiger partial charge in [-0.25, -0.2) is 4.39 Å². The smallest absolute Gasteiger partial charge is 0.230 e. The van der Waals surface area contributed by atoms with Crippen molar-refractivity contribution in [3.8, 4) is 0 Å². The number of likely N-dealkylation sites (tertiary alicyclic amines) is 1. The van der Waals surface area contributed by atoms with Crippen LogP contribution in [0.25, 0.3) is 0 Å². The van der Waals surface area contributed by atoms with Crippen molar-refractivity contribution in [3.05, 3.63) is 71.6 Å². The van der Waals surface area contributed by atoms with Crippen molar-refractivity contribution in [3.63, 3.8) is 0 Å². The Morgan fingerprint density at radius 3 is 2.57 bits per heavy atom. The van der Waals surface area contributed by atoms with Gasteiger partial charge in [0, 0.05) is 32.4 Å². The molecule has 7 heteroatoms. The van der Waals surface area contributed by atoms with E-state index in [1.165, 1.54) is 12.1 Å². The van der Waals surface area contributed by atoms with E-state index in [-0.39, 0.29) is 17.6 Å². The van der Waals surface area contributed by atoms with E-state index in [1.807, 2.05) is 11.0 Å². The van der Waals surface area contributed by atoms with Crippen LogP contribution in [0.3, 0.4) is 0 Å². The number of halogens is 1. The van der Waals surface area contributed by atoms with Crippen LogP contribution in [0.4, 0.5) is 4.39 Å². The van der Waals surface area contributed by atoms with Gasteiger partial charge in [0.25, 0.3) is 0 Å². The Labute approximate surface area is 162 Å². The molecule has 0 N–H and O–H groups in total. The van der Waals surface area contributed by atoms with Gasteiger partial charge in [-0.2, -0.15) is 0 Å². The Kier molecular flexibility index (Phi) is 5.23. The molecule has 1 saturated heterocycles. The third kappa shape index (κ3) is 3.98. The normalized spacial score (nSPS) is 16.3. The fourth-order valence-electron chi connectivity index (χ4n) is 3.72. The number of hydrogen-bond acceptors (Lipinski definition) is 5. The van der Waals surface area contributed by atoms with Crippen LogP contribution in [0.2, 0.25) is 0 Å². The zero-order chi connectivity index (χ0) is 19.5. The maximum absolute atomic E-state index is 13.4. The van der Waals surface area contributed by atoms with Crippen LogP contribution < -0.4 is 0 Å². The number of rotatable bonds is 5. The summed E-state index contributed by atoms with van der Waals surface area (Å²) in [4.78, 5) is 15.2. The molecule has 3 heterocycles. The van der Waals surface area contributed by atoms with Crippen molar-refractivity contribution in [1.29, 1.82) is 0 Å². The summed E-state index contributed by atoms with van der Waals surface area (Å²) in [5, 5.41) is 8.01. The molecule has 1 atom stereocenters. The van der Waals surface area contributed by atoms with Crippen molar-refractivity contribution in [2.45, 2.75) is 38.0 Å². The third-order valence-electron chi connectivity index (χ3n) is 5.25. The summed E-state index contributed by atoms with van der Waals surface area (Å²) < 4.78 is 24.4. The van der Waals surface area contributed by atoms with Crippen LogP contribution in [-0.2, 0) is 11.2 Å². The van der Waals surface area contributed by atoms with Crippen LogP contribution in [0.1, 0.15) is 47.8 Å². The van der Waals surface area contributed by atoms with Gasteiger partial charge in [0.2, 0.25) is 17.7 Å². The molecule has 3 aromatic rings. The van der Waals surface area contributed by atoms with E-state index in [1.54, 1.807) is 31.4 Å². The van der Waals surface area contributed by atoms with Crippen molar-refractivity contribution in [2.24, 2.45) is 0 Å². The average Bonchev–Trinajstić information content (AvgIpc) is 3.38. The first-order chi connectivity index (χ1) is 13.6. The summed E-state index contributed by atoms with van der Waals surface area (Å²) in [5.74, 6) is 1.43. The lowest BCUT2D eigenvalue weighted by Gasteiger charge is -2.33. The number of furan rings is 1. The topological polar surface area (TPSA) is 72.4 Å². The van der Waals surface area contributed by atoms with Crippen LogP contribution in [-0.4, -0.2) is 34.1 Å². The maximum atomic E-state index is 13.4. The lowest BCUT2D eigenvalue weighted by atomic mass is 9.90. The molecule has 1 aliphatic heterocycles. The number of amides is 1. The van der Waals surface area contributed by atoms with E-state index in [9.17, 15) is 9.18 Å². The second-order valence-corrected chi connectivity index (χ2v) is 7.15. The van der Waals surface area contributed by atoms with E-state index in [0.717, 1.165) is 24.2 Å². The van der Waals surface area contributed by atoms with E-state index in [4.69, 9.17) is 8.83 Å². The molecular weight excluding hydrogens is 361 g/mol. The standard InChI is InChI=1S/C21H22FN3O3/c1-14-23-24-20(28-14)16-8-10-25(11-9-16)21(26)19(13-18-3-2-12-27-18)15-4-6-17(22)7-5-15/h2-7,12,16,19H,8-11,13H2,1H3. The van der Waals surface area contributed by atoms with Crippen LogP contribution in [0.5, 0.6) is 0 Å². The van der Waals surface area contributed by atoms with Gasteiger partial charge in [-0.3, -0.25) is 4.79 Å². The highest BCUT2D eigenvalue weighted by molar-refractivity contribution is 5.84.